The molecule has 2 saturated carbocycles. The summed E-state index contributed by atoms with van der Waals surface area (Å²) >= 11 is 0. The fourth-order valence-corrected chi connectivity index (χ4v) is 6.30. The van der Waals surface area contributed by atoms with Crippen LogP contribution in [0.2, 0.25) is 0 Å². The van der Waals surface area contributed by atoms with Crippen molar-refractivity contribution in [1.82, 2.24) is 9.78 Å². The molecule has 1 unspecified atom stereocenters. The van der Waals surface area contributed by atoms with Crippen LogP contribution in [0.4, 0.5) is 8.78 Å². The Kier molecular flexibility index (Phi) is 4.03. The van der Waals surface area contributed by atoms with Gasteiger partial charge >= 0.3 is 0 Å². The van der Waals surface area contributed by atoms with Crippen molar-refractivity contribution in [2.75, 3.05) is 0 Å². The van der Waals surface area contributed by atoms with Crippen LogP contribution in [0, 0.1) is 22.5 Å². The SMILES string of the molecule is OCc1c(F)cccc1CC[C@]12CCC3=Cc4c(cnn4-c4ccc(F)cc4)CC31C2. The number of rotatable bonds is 5. The summed E-state index contributed by atoms with van der Waals surface area (Å²) in [6.07, 6.45) is 10.5. The Labute approximate surface area is 180 Å². The van der Waals surface area contributed by atoms with Gasteiger partial charge in [0.1, 0.15) is 11.6 Å². The monoisotopic (exact) mass is 418 g/mol. The normalized spacial score (nSPS) is 25.6. The molecule has 3 nitrogen and oxygen atoms in total. The van der Waals surface area contributed by atoms with E-state index in [4.69, 9.17) is 0 Å². The van der Waals surface area contributed by atoms with E-state index in [2.05, 4.69) is 11.2 Å². The number of benzene rings is 2. The highest BCUT2D eigenvalue weighted by Crippen LogP contribution is 2.79. The molecule has 3 aliphatic carbocycles. The molecule has 1 spiro atoms. The van der Waals surface area contributed by atoms with Crippen molar-refractivity contribution in [3.05, 3.63) is 88.3 Å². The van der Waals surface area contributed by atoms with Crippen molar-refractivity contribution < 1.29 is 13.9 Å². The summed E-state index contributed by atoms with van der Waals surface area (Å²) in [5, 5.41) is 14.2. The predicted octanol–water partition coefficient (Wildman–Crippen LogP) is 5.39. The van der Waals surface area contributed by atoms with E-state index >= 15 is 0 Å². The molecule has 0 aliphatic heterocycles. The number of fused-ring (bicyclic) bond motifs is 1. The lowest BCUT2D eigenvalue weighted by Crippen LogP contribution is -2.17. The molecule has 0 radical (unpaired) electrons. The lowest BCUT2D eigenvalue weighted by Gasteiger charge is -2.24. The second-order valence-corrected chi connectivity index (χ2v) is 9.36. The minimum atomic E-state index is -0.314. The molecular formula is C26H24F2N2O. The van der Waals surface area contributed by atoms with Crippen LogP contribution in [0.3, 0.4) is 0 Å². The first-order valence-electron chi connectivity index (χ1n) is 11.0. The van der Waals surface area contributed by atoms with E-state index in [0.29, 0.717) is 5.56 Å². The molecule has 0 saturated heterocycles. The molecule has 1 aromatic heterocycles. The van der Waals surface area contributed by atoms with E-state index in [0.717, 1.165) is 49.0 Å². The van der Waals surface area contributed by atoms with Gasteiger partial charge in [-0.15, -0.1) is 0 Å². The second kappa shape index (κ2) is 6.60. The van der Waals surface area contributed by atoms with Crippen LogP contribution in [0.25, 0.3) is 11.8 Å². The summed E-state index contributed by atoms with van der Waals surface area (Å²) in [5.74, 6) is -0.561. The molecule has 31 heavy (non-hydrogen) atoms. The third kappa shape index (κ3) is 2.69. The van der Waals surface area contributed by atoms with Crippen molar-refractivity contribution in [2.24, 2.45) is 10.8 Å². The van der Waals surface area contributed by atoms with Crippen LogP contribution in [-0.4, -0.2) is 14.9 Å². The number of aliphatic hydroxyl groups excluding tert-OH is 1. The van der Waals surface area contributed by atoms with E-state index in [9.17, 15) is 13.9 Å². The molecule has 5 heteroatoms. The Bertz CT molecular complexity index is 1210. The van der Waals surface area contributed by atoms with Gasteiger partial charge in [-0.05, 0) is 91.5 Å². The number of nitrogens with zero attached hydrogens (tertiary/aromatic N) is 2. The van der Waals surface area contributed by atoms with Crippen molar-refractivity contribution in [1.29, 1.82) is 0 Å². The number of aromatic nitrogens is 2. The van der Waals surface area contributed by atoms with Crippen molar-refractivity contribution in [3.8, 4) is 5.69 Å². The first kappa shape index (κ1) is 18.9. The average Bonchev–Trinajstić information content (AvgIpc) is 3.05. The van der Waals surface area contributed by atoms with Crippen molar-refractivity contribution in [2.45, 2.75) is 45.1 Å². The third-order valence-electron chi connectivity index (χ3n) is 8.03. The first-order valence-corrected chi connectivity index (χ1v) is 11.0. The molecule has 2 fully saturated rings. The molecule has 0 bridgehead atoms. The van der Waals surface area contributed by atoms with Gasteiger partial charge in [0.15, 0.2) is 0 Å². The molecule has 2 atom stereocenters. The number of allylic oxidation sites excluding steroid dienone is 1. The Morgan fingerprint density at radius 2 is 1.94 bits per heavy atom. The smallest absolute Gasteiger partial charge is 0.128 e. The number of hydrogen-bond acceptors (Lipinski definition) is 2. The Morgan fingerprint density at radius 3 is 2.74 bits per heavy atom. The lowest BCUT2D eigenvalue weighted by atomic mass is 9.80. The number of halogens is 2. The highest BCUT2D eigenvalue weighted by molar-refractivity contribution is 5.65. The summed E-state index contributed by atoms with van der Waals surface area (Å²) in [6.45, 7) is -0.253. The fourth-order valence-electron chi connectivity index (χ4n) is 6.30. The van der Waals surface area contributed by atoms with Gasteiger partial charge in [-0.3, -0.25) is 0 Å². The predicted molar refractivity (Wildman–Crippen MR) is 115 cm³/mol. The molecule has 158 valence electrons. The maximum Gasteiger partial charge on any atom is 0.128 e. The second-order valence-electron chi connectivity index (χ2n) is 9.36. The van der Waals surface area contributed by atoms with Crippen molar-refractivity contribution >= 4 is 6.08 Å². The maximum absolute atomic E-state index is 14.1. The summed E-state index contributed by atoms with van der Waals surface area (Å²) in [5.41, 5.74) is 6.59. The van der Waals surface area contributed by atoms with Gasteiger partial charge in [-0.1, -0.05) is 17.7 Å². The zero-order valence-corrected chi connectivity index (χ0v) is 17.2. The summed E-state index contributed by atoms with van der Waals surface area (Å²) in [4.78, 5) is 0. The van der Waals surface area contributed by atoms with E-state index in [1.54, 1.807) is 18.2 Å². The average molecular weight is 418 g/mol. The van der Waals surface area contributed by atoms with Crippen LogP contribution in [0.5, 0.6) is 0 Å². The lowest BCUT2D eigenvalue weighted by molar-refractivity contribution is 0.273. The van der Waals surface area contributed by atoms with Crippen LogP contribution in [-0.2, 0) is 19.4 Å². The van der Waals surface area contributed by atoms with Gasteiger partial charge in [-0.25, -0.2) is 13.5 Å². The van der Waals surface area contributed by atoms with Gasteiger partial charge in [0.25, 0.3) is 0 Å². The molecule has 2 aromatic carbocycles. The minimum absolute atomic E-state index is 0.212. The fraction of sp³-hybridized carbons (Fsp3) is 0.346. The first-order chi connectivity index (χ1) is 15.1. The molecule has 1 heterocycles. The van der Waals surface area contributed by atoms with Gasteiger partial charge in [0.05, 0.1) is 24.2 Å². The molecule has 6 rings (SSSR count). The summed E-state index contributed by atoms with van der Waals surface area (Å²) in [6, 6.07) is 11.6. The van der Waals surface area contributed by atoms with Crippen LogP contribution < -0.4 is 0 Å². The molecule has 3 aliphatic rings. The van der Waals surface area contributed by atoms with Crippen molar-refractivity contribution in [3.63, 3.8) is 0 Å². The van der Waals surface area contributed by atoms with Gasteiger partial charge in [-0.2, -0.15) is 5.10 Å². The molecular weight excluding hydrogens is 394 g/mol. The third-order valence-corrected chi connectivity index (χ3v) is 8.03. The largest absolute Gasteiger partial charge is 0.392 e. The standard InChI is InChI=1S/C26H24F2N2O/c27-20-4-6-21(7-5-20)30-24-12-19-9-11-25(16-26(19,25)13-18(24)14-29-30)10-8-17-2-1-3-23(28)22(17)15-31/h1-7,12,14,31H,8-11,13,15-16H2/t25-,26?/m1/s1. The summed E-state index contributed by atoms with van der Waals surface area (Å²) in [7, 11) is 0. The van der Waals surface area contributed by atoms with E-state index in [-0.39, 0.29) is 29.1 Å². The van der Waals surface area contributed by atoms with Crippen LogP contribution in [0.1, 0.15) is 48.1 Å². The number of hydrogen-bond donors (Lipinski definition) is 1. The van der Waals surface area contributed by atoms with Gasteiger partial charge in [0.2, 0.25) is 0 Å². The number of aryl methyl sites for hydroxylation is 1. The van der Waals surface area contributed by atoms with E-state index in [1.165, 1.54) is 35.8 Å². The number of aliphatic hydroxyl groups is 1. The molecule has 1 N–H and O–H groups in total. The Balaban J connectivity index is 1.27. The topological polar surface area (TPSA) is 38.1 Å². The maximum atomic E-state index is 14.1. The highest BCUT2D eigenvalue weighted by Gasteiger charge is 2.71. The van der Waals surface area contributed by atoms with Gasteiger partial charge in [0, 0.05) is 11.0 Å². The van der Waals surface area contributed by atoms with Crippen LogP contribution in [0.15, 0.2) is 54.2 Å². The van der Waals surface area contributed by atoms with E-state index in [1.807, 2.05) is 16.9 Å². The summed E-state index contributed by atoms with van der Waals surface area (Å²) < 4.78 is 29.3. The molecule has 3 aromatic rings. The zero-order chi connectivity index (χ0) is 21.2. The van der Waals surface area contributed by atoms with Gasteiger partial charge < -0.3 is 5.11 Å². The van der Waals surface area contributed by atoms with Crippen LogP contribution >= 0.6 is 0 Å². The Hall–Kier alpha value is -2.79. The van der Waals surface area contributed by atoms with E-state index < -0.39 is 0 Å². The molecule has 0 amide bonds. The Morgan fingerprint density at radius 1 is 1.10 bits per heavy atom. The zero-order valence-electron chi connectivity index (χ0n) is 17.2. The quantitative estimate of drug-likeness (QED) is 0.604. The highest BCUT2D eigenvalue weighted by atomic mass is 19.1. The minimum Gasteiger partial charge on any atom is -0.392 e.